The van der Waals surface area contributed by atoms with Gasteiger partial charge in [-0.2, -0.15) is 0 Å². The van der Waals surface area contributed by atoms with Crippen LogP contribution in [0.4, 0.5) is 4.39 Å². The van der Waals surface area contributed by atoms with Crippen molar-refractivity contribution in [3.05, 3.63) is 35.6 Å². The smallest absolute Gasteiger partial charge is 0.241 e. The number of halogens is 2. The van der Waals surface area contributed by atoms with E-state index >= 15 is 0 Å². The average molecular weight is 474 g/mol. The lowest BCUT2D eigenvalue weighted by molar-refractivity contribution is -0.130. The maximum Gasteiger partial charge on any atom is 0.241 e. The van der Waals surface area contributed by atoms with Crippen LogP contribution in [0.1, 0.15) is 37.7 Å². The van der Waals surface area contributed by atoms with E-state index in [9.17, 15) is 9.18 Å². The second-order valence-electron chi connectivity index (χ2n) is 6.98. The highest BCUT2D eigenvalue weighted by atomic mass is 127. The van der Waals surface area contributed by atoms with E-state index in [1.165, 1.54) is 12.5 Å². The molecule has 7 heteroatoms. The summed E-state index contributed by atoms with van der Waals surface area (Å²) in [5.41, 5.74) is 0.613. The van der Waals surface area contributed by atoms with E-state index < -0.39 is 0 Å². The van der Waals surface area contributed by atoms with E-state index in [1.807, 2.05) is 17.0 Å². The molecule has 5 nitrogen and oxygen atoms in total. The number of benzene rings is 1. The Kier molecular flexibility index (Phi) is 7.67. The average Bonchev–Trinajstić information content (AvgIpc) is 3.43. The zero-order valence-electron chi connectivity index (χ0n) is 15.3. The Hall–Kier alpha value is -1.38. The number of amides is 1. The second kappa shape index (κ2) is 9.53. The fraction of sp³-hybridized carbons (Fsp3) is 0.579. The fourth-order valence-electron chi connectivity index (χ4n) is 3.47. The van der Waals surface area contributed by atoms with Crippen molar-refractivity contribution in [3.63, 3.8) is 0 Å². The minimum Gasteiger partial charge on any atom is -0.356 e. The molecule has 3 rings (SSSR count). The largest absolute Gasteiger partial charge is 0.356 e. The summed E-state index contributed by atoms with van der Waals surface area (Å²) in [6, 6.07) is 6.97. The minimum atomic E-state index is -0.153. The molecule has 144 valence electrons. The summed E-state index contributed by atoms with van der Waals surface area (Å²) >= 11 is 0. The summed E-state index contributed by atoms with van der Waals surface area (Å²) in [4.78, 5) is 18.3. The van der Waals surface area contributed by atoms with Gasteiger partial charge in [-0.1, -0.05) is 18.2 Å². The normalized spacial score (nSPS) is 18.7. The lowest BCUT2D eigenvalue weighted by atomic mass is 9.95. The molecule has 0 bridgehead atoms. The topological polar surface area (TPSA) is 56.7 Å². The van der Waals surface area contributed by atoms with Gasteiger partial charge in [0, 0.05) is 32.1 Å². The molecule has 2 aliphatic rings. The van der Waals surface area contributed by atoms with Crippen LogP contribution in [0.15, 0.2) is 29.3 Å². The van der Waals surface area contributed by atoms with Gasteiger partial charge in [0.2, 0.25) is 5.91 Å². The number of guanidine groups is 1. The molecular formula is C19H28FIN4O. The fourth-order valence-corrected chi connectivity index (χ4v) is 3.47. The van der Waals surface area contributed by atoms with Gasteiger partial charge >= 0.3 is 0 Å². The van der Waals surface area contributed by atoms with Crippen LogP contribution < -0.4 is 10.6 Å². The summed E-state index contributed by atoms with van der Waals surface area (Å²) in [5, 5.41) is 6.34. The van der Waals surface area contributed by atoms with Gasteiger partial charge in [-0.25, -0.2) is 4.39 Å². The minimum absolute atomic E-state index is 0. The third-order valence-electron chi connectivity index (χ3n) is 5.23. The maximum atomic E-state index is 14.1. The first-order valence-corrected chi connectivity index (χ1v) is 9.12. The molecule has 2 N–H and O–H groups in total. The number of hydrogen-bond acceptors (Lipinski definition) is 2. The van der Waals surface area contributed by atoms with Crippen molar-refractivity contribution >= 4 is 35.8 Å². The van der Waals surface area contributed by atoms with Gasteiger partial charge in [0.15, 0.2) is 5.96 Å². The number of likely N-dealkylation sites (tertiary alicyclic amines) is 1. The highest BCUT2D eigenvalue weighted by Gasteiger charge is 2.45. The van der Waals surface area contributed by atoms with Gasteiger partial charge in [-0.05, 0) is 43.7 Å². The number of carbonyl (C=O) groups is 1. The van der Waals surface area contributed by atoms with E-state index in [-0.39, 0.29) is 47.7 Å². The maximum absolute atomic E-state index is 14.1. The molecule has 1 amide bonds. The predicted molar refractivity (Wildman–Crippen MR) is 113 cm³/mol. The van der Waals surface area contributed by atoms with E-state index in [0.717, 1.165) is 44.3 Å². The molecule has 0 atom stereocenters. The molecule has 1 aromatic rings. The van der Waals surface area contributed by atoms with Gasteiger partial charge in [0.05, 0.1) is 6.54 Å². The third-order valence-corrected chi connectivity index (χ3v) is 5.23. The molecule has 0 aromatic heterocycles. The second-order valence-corrected chi connectivity index (χ2v) is 6.98. The van der Waals surface area contributed by atoms with Crippen LogP contribution in [0, 0.1) is 5.82 Å². The number of piperidine rings is 1. The molecule has 0 radical (unpaired) electrons. The van der Waals surface area contributed by atoms with E-state index in [2.05, 4.69) is 15.6 Å². The lowest BCUT2D eigenvalue weighted by Gasteiger charge is -2.27. The molecule has 1 aromatic carbocycles. The summed E-state index contributed by atoms with van der Waals surface area (Å²) in [6.45, 7) is 2.56. The SMILES string of the molecule is CN=C(NCC(=O)N1CCCCC1)NCC1(c2ccccc2F)CC1.I. The molecule has 1 heterocycles. The Morgan fingerprint density at radius 2 is 1.88 bits per heavy atom. The van der Waals surface area contributed by atoms with Crippen LogP contribution in [0.3, 0.4) is 0 Å². The van der Waals surface area contributed by atoms with Crippen LogP contribution in [0.25, 0.3) is 0 Å². The Morgan fingerprint density at radius 1 is 1.19 bits per heavy atom. The Balaban J connectivity index is 0.00000243. The monoisotopic (exact) mass is 474 g/mol. The quantitative estimate of drug-likeness (QED) is 0.392. The van der Waals surface area contributed by atoms with Gasteiger partial charge in [-0.15, -0.1) is 24.0 Å². The lowest BCUT2D eigenvalue weighted by Crippen LogP contribution is -2.47. The molecule has 0 spiro atoms. The molecule has 0 unspecified atom stereocenters. The zero-order valence-corrected chi connectivity index (χ0v) is 17.6. The highest BCUT2D eigenvalue weighted by molar-refractivity contribution is 14.0. The number of nitrogens with zero attached hydrogens (tertiary/aromatic N) is 2. The van der Waals surface area contributed by atoms with Crippen LogP contribution in [0.5, 0.6) is 0 Å². The Morgan fingerprint density at radius 3 is 2.50 bits per heavy atom. The van der Waals surface area contributed by atoms with E-state index in [0.29, 0.717) is 12.5 Å². The van der Waals surface area contributed by atoms with Crippen molar-refractivity contribution in [2.75, 3.05) is 33.2 Å². The molecule has 1 aliphatic heterocycles. The first kappa shape index (κ1) is 20.9. The van der Waals surface area contributed by atoms with Crippen molar-refractivity contribution < 1.29 is 9.18 Å². The summed E-state index contributed by atoms with van der Waals surface area (Å²) in [7, 11) is 1.68. The van der Waals surface area contributed by atoms with Crippen molar-refractivity contribution in [2.45, 2.75) is 37.5 Å². The van der Waals surface area contributed by atoms with Crippen molar-refractivity contribution in [1.29, 1.82) is 0 Å². The van der Waals surface area contributed by atoms with Crippen molar-refractivity contribution in [1.82, 2.24) is 15.5 Å². The Labute approximate surface area is 171 Å². The zero-order chi connectivity index (χ0) is 17.7. The standard InChI is InChI=1S/C19H27FN4O.HI/c1-21-18(22-13-17(25)24-11-5-2-6-12-24)23-14-19(9-10-19)15-7-3-4-8-16(15)20;/h3-4,7-8H,2,5-6,9-14H2,1H3,(H2,21,22,23);1H. The summed E-state index contributed by atoms with van der Waals surface area (Å²) < 4.78 is 14.1. The number of carbonyl (C=O) groups excluding carboxylic acids is 1. The van der Waals surface area contributed by atoms with Crippen LogP contribution in [0.2, 0.25) is 0 Å². The van der Waals surface area contributed by atoms with E-state index in [1.54, 1.807) is 13.1 Å². The van der Waals surface area contributed by atoms with Crippen LogP contribution in [-0.2, 0) is 10.2 Å². The summed E-state index contributed by atoms with van der Waals surface area (Å²) in [6.07, 6.45) is 5.31. The van der Waals surface area contributed by atoms with Crippen molar-refractivity contribution in [2.24, 2.45) is 4.99 Å². The number of aliphatic imine (C=N–C) groups is 1. The molecule has 26 heavy (non-hydrogen) atoms. The first-order chi connectivity index (χ1) is 12.1. The number of nitrogens with one attached hydrogen (secondary N) is 2. The third kappa shape index (κ3) is 5.08. The van der Waals surface area contributed by atoms with Gasteiger partial charge < -0.3 is 15.5 Å². The van der Waals surface area contributed by atoms with Crippen LogP contribution in [-0.4, -0.2) is 50.0 Å². The Bertz CT molecular complexity index is 642. The molecule has 1 saturated carbocycles. The first-order valence-electron chi connectivity index (χ1n) is 9.12. The molecule has 1 saturated heterocycles. The molecular weight excluding hydrogens is 446 g/mol. The highest BCUT2D eigenvalue weighted by Crippen LogP contribution is 2.48. The predicted octanol–water partition coefficient (Wildman–Crippen LogP) is 2.65. The molecule has 2 fully saturated rings. The van der Waals surface area contributed by atoms with E-state index in [4.69, 9.17) is 0 Å². The van der Waals surface area contributed by atoms with Crippen LogP contribution >= 0.6 is 24.0 Å². The van der Waals surface area contributed by atoms with Gasteiger partial charge in [0.25, 0.3) is 0 Å². The number of rotatable bonds is 5. The molecule has 1 aliphatic carbocycles. The van der Waals surface area contributed by atoms with Gasteiger partial charge in [-0.3, -0.25) is 9.79 Å². The number of hydrogen-bond donors (Lipinski definition) is 2. The summed E-state index contributed by atoms with van der Waals surface area (Å²) in [5.74, 6) is 0.552. The van der Waals surface area contributed by atoms with Gasteiger partial charge in [0.1, 0.15) is 5.82 Å². The van der Waals surface area contributed by atoms with Crippen molar-refractivity contribution in [3.8, 4) is 0 Å².